The van der Waals surface area contributed by atoms with Crippen LogP contribution in [-0.4, -0.2) is 11.7 Å². The van der Waals surface area contributed by atoms with Crippen molar-refractivity contribution in [3.8, 4) is 11.4 Å². The second kappa shape index (κ2) is 5.47. The van der Waals surface area contributed by atoms with Crippen LogP contribution in [0.4, 0.5) is 0 Å². The zero-order chi connectivity index (χ0) is 15.8. The minimum absolute atomic E-state index is 0.878. The Balaban J connectivity index is 2.06. The Labute approximate surface area is 135 Å². The van der Waals surface area contributed by atoms with Gasteiger partial charge in [0, 0.05) is 16.5 Å². The molecule has 3 aromatic carbocycles. The standard InChI is InChI=1S/C21H19NO/c1-3-15-8-13-21-19(14-15)18-6-4-5-7-20(18)22(21)16-9-11-17(23-2)12-10-16/h4-14H,3H2,1-2H3. The van der Waals surface area contributed by atoms with E-state index in [0.29, 0.717) is 0 Å². The molecule has 0 aliphatic rings. The minimum atomic E-state index is 0.878. The van der Waals surface area contributed by atoms with Gasteiger partial charge in [-0.15, -0.1) is 0 Å². The number of nitrogens with zero attached hydrogens (tertiary/aromatic N) is 1. The lowest BCUT2D eigenvalue weighted by molar-refractivity contribution is 0.415. The molecule has 114 valence electrons. The fourth-order valence-corrected chi connectivity index (χ4v) is 3.25. The lowest BCUT2D eigenvalue weighted by Gasteiger charge is -2.09. The lowest BCUT2D eigenvalue weighted by Crippen LogP contribution is -1.94. The smallest absolute Gasteiger partial charge is 0.119 e. The first-order chi connectivity index (χ1) is 11.3. The van der Waals surface area contributed by atoms with Crippen LogP contribution in [-0.2, 0) is 6.42 Å². The molecule has 1 heterocycles. The van der Waals surface area contributed by atoms with Gasteiger partial charge in [0.25, 0.3) is 0 Å². The summed E-state index contributed by atoms with van der Waals surface area (Å²) in [7, 11) is 1.70. The van der Waals surface area contributed by atoms with E-state index in [1.807, 2.05) is 12.1 Å². The van der Waals surface area contributed by atoms with Gasteiger partial charge in [-0.3, -0.25) is 0 Å². The second-order valence-corrected chi connectivity index (χ2v) is 5.76. The van der Waals surface area contributed by atoms with Crippen LogP contribution in [0.2, 0.25) is 0 Å². The summed E-state index contributed by atoms with van der Waals surface area (Å²) in [6.07, 6.45) is 1.05. The quantitative estimate of drug-likeness (QED) is 0.497. The fraction of sp³-hybridized carbons (Fsp3) is 0.143. The number of hydrogen-bond acceptors (Lipinski definition) is 1. The highest BCUT2D eigenvalue weighted by Gasteiger charge is 2.12. The van der Waals surface area contributed by atoms with Crippen LogP contribution in [0.15, 0.2) is 66.7 Å². The molecule has 0 saturated heterocycles. The molecule has 0 atom stereocenters. The molecule has 4 aromatic rings. The summed E-state index contributed by atoms with van der Waals surface area (Å²) in [5, 5.41) is 2.62. The predicted molar refractivity (Wildman–Crippen MR) is 96.7 cm³/mol. The highest BCUT2D eigenvalue weighted by molar-refractivity contribution is 6.09. The summed E-state index contributed by atoms with van der Waals surface area (Å²) in [5.74, 6) is 0.878. The van der Waals surface area contributed by atoms with Crippen LogP contribution >= 0.6 is 0 Å². The van der Waals surface area contributed by atoms with Crippen molar-refractivity contribution in [2.45, 2.75) is 13.3 Å². The molecule has 2 nitrogen and oxygen atoms in total. The minimum Gasteiger partial charge on any atom is -0.497 e. The van der Waals surface area contributed by atoms with Gasteiger partial charge in [0.2, 0.25) is 0 Å². The molecule has 0 unspecified atom stereocenters. The van der Waals surface area contributed by atoms with E-state index < -0.39 is 0 Å². The average Bonchev–Trinajstić information content (AvgIpc) is 2.95. The van der Waals surface area contributed by atoms with E-state index in [2.05, 4.69) is 66.1 Å². The molecule has 0 aliphatic heterocycles. The Morgan fingerprint density at radius 3 is 2.30 bits per heavy atom. The number of methoxy groups -OCH3 is 1. The maximum Gasteiger partial charge on any atom is 0.119 e. The van der Waals surface area contributed by atoms with E-state index in [1.165, 1.54) is 27.4 Å². The molecule has 0 fully saturated rings. The van der Waals surface area contributed by atoms with Gasteiger partial charge in [0.1, 0.15) is 5.75 Å². The number of hydrogen-bond donors (Lipinski definition) is 0. The number of aryl methyl sites for hydroxylation is 1. The van der Waals surface area contributed by atoms with E-state index in [0.717, 1.165) is 17.9 Å². The summed E-state index contributed by atoms with van der Waals surface area (Å²) in [4.78, 5) is 0. The van der Waals surface area contributed by atoms with Crippen LogP contribution in [0.3, 0.4) is 0 Å². The van der Waals surface area contributed by atoms with Crippen molar-refractivity contribution in [2.24, 2.45) is 0 Å². The molecular formula is C21H19NO. The number of benzene rings is 3. The Hall–Kier alpha value is -2.74. The van der Waals surface area contributed by atoms with Gasteiger partial charge in [-0.2, -0.15) is 0 Å². The molecular weight excluding hydrogens is 282 g/mol. The third-order valence-corrected chi connectivity index (χ3v) is 4.48. The van der Waals surface area contributed by atoms with Crippen molar-refractivity contribution in [1.29, 1.82) is 0 Å². The van der Waals surface area contributed by atoms with Gasteiger partial charge in [0.15, 0.2) is 0 Å². The maximum absolute atomic E-state index is 5.28. The fourth-order valence-electron chi connectivity index (χ4n) is 3.25. The SMILES string of the molecule is CCc1ccc2c(c1)c1ccccc1n2-c1ccc(OC)cc1. The predicted octanol–water partition coefficient (Wildman–Crippen LogP) is 5.35. The van der Waals surface area contributed by atoms with Gasteiger partial charge in [-0.05, 0) is 54.4 Å². The molecule has 0 N–H and O–H groups in total. The molecule has 0 bridgehead atoms. The molecule has 1 aromatic heterocycles. The van der Waals surface area contributed by atoms with Crippen molar-refractivity contribution in [2.75, 3.05) is 7.11 Å². The number of para-hydroxylation sites is 1. The van der Waals surface area contributed by atoms with E-state index in [4.69, 9.17) is 4.74 Å². The zero-order valence-electron chi connectivity index (χ0n) is 13.4. The van der Waals surface area contributed by atoms with Gasteiger partial charge < -0.3 is 9.30 Å². The molecule has 0 radical (unpaired) electrons. The molecule has 0 aliphatic carbocycles. The van der Waals surface area contributed by atoms with Crippen molar-refractivity contribution in [1.82, 2.24) is 4.57 Å². The van der Waals surface area contributed by atoms with Crippen LogP contribution in [0, 0.1) is 0 Å². The Bertz CT molecular complexity index is 980. The summed E-state index contributed by atoms with van der Waals surface area (Å²) in [6, 6.07) is 23.6. The number of rotatable bonds is 3. The number of fused-ring (bicyclic) bond motifs is 3. The second-order valence-electron chi connectivity index (χ2n) is 5.76. The molecule has 0 amide bonds. The summed E-state index contributed by atoms with van der Waals surface area (Å²) < 4.78 is 7.61. The lowest BCUT2D eigenvalue weighted by atomic mass is 10.1. The van der Waals surface area contributed by atoms with Gasteiger partial charge in [-0.25, -0.2) is 0 Å². The first-order valence-electron chi connectivity index (χ1n) is 7.98. The van der Waals surface area contributed by atoms with Crippen molar-refractivity contribution < 1.29 is 4.74 Å². The van der Waals surface area contributed by atoms with E-state index in [-0.39, 0.29) is 0 Å². The molecule has 2 heteroatoms. The van der Waals surface area contributed by atoms with E-state index in [9.17, 15) is 0 Å². The molecule has 4 rings (SSSR count). The summed E-state index contributed by atoms with van der Waals surface area (Å²) in [5.41, 5.74) is 5.01. The Kier molecular flexibility index (Phi) is 3.30. The molecule has 0 saturated carbocycles. The van der Waals surface area contributed by atoms with Crippen LogP contribution in [0.1, 0.15) is 12.5 Å². The third-order valence-electron chi connectivity index (χ3n) is 4.48. The largest absolute Gasteiger partial charge is 0.497 e. The van der Waals surface area contributed by atoms with Crippen molar-refractivity contribution in [3.05, 3.63) is 72.3 Å². The molecule has 0 spiro atoms. The van der Waals surface area contributed by atoms with E-state index in [1.54, 1.807) is 7.11 Å². The van der Waals surface area contributed by atoms with Crippen LogP contribution in [0.5, 0.6) is 5.75 Å². The van der Waals surface area contributed by atoms with Gasteiger partial charge in [0.05, 0.1) is 18.1 Å². The first-order valence-corrected chi connectivity index (χ1v) is 7.98. The number of ether oxygens (including phenoxy) is 1. The summed E-state index contributed by atoms with van der Waals surface area (Å²) >= 11 is 0. The van der Waals surface area contributed by atoms with Crippen molar-refractivity contribution >= 4 is 21.8 Å². The zero-order valence-corrected chi connectivity index (χ0v) is 13.4. The average molecular weight is 301 g/mol. The van der Waals surface area contributed by atoms with Crippen molar-refractivity contribution in [3.63, 3.8) is 0 Å². The van der Waals surface area contributed by atoms with Crippen LogP contribution in [0.25, 0.3) is 27.5 Å². The Morgan fingerprint density at radius 1 is 0.826 bits per heavy atom. The van der Waals surface area contributed by atoms with E-state index >= 15 is 0 Å². The van der Waals surface area contributed by atoms with Gasteiger partial charge >= 0.3 is 0 Å². The topological polar surface area (TPSA) is 14.2 Å². The van der Waals surface area contributed by atoms with Crippen LogP contribution < -0.4 is 4.74 Å². The third kappa shape index (κ3) is 2.18. The molecule has 23 heavy (non-hydrogen) atoms. The maximum atomic E-state index is 5.28. The highest BCUT2D eigenvalue weighted by Crippen LogP contribution is 2.33. The first kappa shape index (κ1) is 13.9. The normalized spacial score (nSPS) is 11.2. The number of aromatic nitrogens is 1. The summed E-state index contributed by atoms with van der Waals surface area (Å²) in [6.45, 7) is 2.20. The monoisotopic (exact) mass is 301 g/mol. The van der Waals surface area contributed by atoms with Gasteiger partial charge in [-0.1, -0.05) is 31.2 Å². The highest BCUT2D eigenvalue weighted by atomic mass is 16.5. The Morgan fingerprint density at radius 2 is 1.57 bits per heavy atom.